The zero-order chi connectivity index (χ0) is 12.1. The van der Waals surface area contributed by atoms with E-state index in [0.29, 0.717) is 5.56 Å². The molecule has 0 aromatic heterocycles. The van der Waals surface area contributed by atoms with Crippen LogP contribution in [0.25, 0.3) is 0 Å². The number of nitrogens with zero attached hydrogens (tertiary/aromatic N) is 1. The first-order valence-electron chi connectivity index (χ1n) is 6.05. The van der Waals surface area contributed by atoms with Crippen LogP contribution in [0.2, 0.25) is 0 Å². The molecule has 1 heterocycles. The highest BCUT2D eigenvalue weighted by atomic mass is 16.5. The quantitative estimate of drug-likeness (QED) is 0.619. The van der Waals surface area contributed by atoms with Gasteiger partial charge in [-0.25, -0.2) is 5.48 Å². The number of hydrogen-bond donors (Lipinski definition) is 2. The molecule has 0 radical (unpaired) electrons. The summed E-state index contributed by atoms with van der Waals surface area (Å²) in [4.78, 5) is 13.6. The number of piperidine rings is 1. The van der Waals surface area contributed by atoms with Gasteiger partial charge >= 0.3 is 0 Å². The molecule has 1 amide bonds. The molecule has 0 unspecified atom stereocenters. The largest absolute Gasteiger partial charge is 0.299 e. The summed E-state index contributed by atoms with van der Waals surface area (Å²) in [6, 6.07) is 7.37. The molecule has 1 aromatic carbocycles. The lowest BCUT2D eigenvalue weighted by Crippen LogP contribution is -2.29. The van der Waals surface area contributed by atoms with Gasteiger partial charge in [0.2, 0.25) is 0 Å². The number of benzene rings is 1. The maximum Gasteiger partial charge on any atom is 0.274 e. The second kappa shape index (κ2) is 5.80. The number of carbonyl (C=O) groups is 1. The van der Waals surface area contributed by atoms with Gasteiger partial charge in [0.15, 0.2) is 0 Å². The number of nitrogens with one attached hydrogen (secondary N) is 1. The minimum Gasteiger partial charge on any atom is -0.299 e. The second-order valence-corrected chi connectivity index (χ2v) is 4.47. The summed E-state index contributed by atoms with van der Waals surface area (Å²) < 4.78 is 0. The summed E-state index contributed by atoms with van der Waals surface area (Å²) in [6.45, 7) is 3.28. The Morgan fingerprint density at radius 1 is 1.18 bits per heavy atom. The maximum absolute atomic E-state index is 11.1. The molecule has 17 heavy (non-hydrogen) atoms. The van der Waals surface area contributed by atoms with Gasteiger partial charge in [0, 0.05) is 12.1 Å². The Kier molecular flexibility index (Phi) is 4.12. The van der Waals surface area contributed by atoms with Crippen molar-refractivity contribution in [1.82, 2.24) is 10.4 Å². The van der Waals surface area contributed by atoms with Gasteiger partial charge in [0.05, 0.1) is 0 Å². The number of carbonyl (C=O) groups excluding carboxylic acids is 1. The van der Waals surface area contributed by atoms with E-state index in [9.17, 15) is 4.79 Å². The molecular formula is C13H18N2O2. The molecule has 1 aliphatic heterocycles. The monoisotopic (exact) mass is 234 g/mol. The average molecular weight is 234 g/mol. The third-order valence-electron chi connectivity index (χ3n) is 3.17. The molecule has 1 fully saturated rings. The fourth-order valence-electron chi connectivity index (χ4n) is 2.20. The van der Waals surface area contributed by atoms with Crippen LogP contribution in [0, 0.1) is 0 Å². The van der Waals surface area contributed by atoms with Gasteiger partial charge in [-0.15, -0.1) is 0 Å². The van der Waals surface area contributed by atoms with Crippen molar-refractivity contribution in [3.63, 3.8) is 0 Å². The minimum absolute atomic E-state index is 0.463. The van der Waals surface area contributed by atoms with E-state index in [1.807, 2.05) is 12.1 Å². The number of hydroxylamine groups is 1. The summed E-state index contributed by atoms with van der Waals surface area (Å²) in [5.74, 6) is -0.463. The lowest BCUT2D eigenvalue weighted by atomic mass is 10.1. The van der Waals surface area contributed by atoms with Crippen LogP contribution in [0.4, 0.5) is 0 Å². The highest BCUT2D eigenvalue weighted by molar-refractivity contribution is 5.93. The fourth-order valence-corrected chi connectivity index (χ4v) is 2.20. The summed E-state index contributed by atoms with van der Waals surface area (Å²) in [5.41, 5.74) is 3.32. The average Bonchev–Trinajstić information content (AvgIpc) is 2.40. The molecule has 0 spiro atoms. The predicted octanol–water partition coefficient (Wildman–Crippen LogP) is 1.79. The van der Waals surface area contributed by atoms with Crippen LogP contribution in [0.15, 0.2) is 24.3 Å². The molecule has 2 rings (SSSR count). The fraction of sp³-hybridized carbons (Fsp3) is 0.462. The molecule has 0 aliphatic carbocycles. The van der Waals surface area contributed by atoms with Crippen LogP contribution in [0.5, 0.6) is 0 Å². The third kappa shape index (κ3) is 3.28. The molecule has 0 bridgehead atoms. The van der Waals surface area contributed by atoms with Crippen LogP contribution in [-0.4, -0.2) is 29.1 Å². The van der Waals surface area contributed by atoms with E-state index in [4.69, 9.17) is 5.21 Å². The lowest BCUT2D eigenvalue weighted by molar-refractivity contribution is 0.0706. The van der Waals surface area contributed by atoms with E-state index in [2.05, 4.69) is 4.90 Å². The lowest BCUT2D eigenvalue weighted by Gasteiger charge is -2.26. The van der Waals surface area contributed by atoms with Gasteiger partial charge in [0.1, 0.15) is 0 Å². The Bertz CT molecular complexity index is 370. The minimum atomic E-state index is -0.463. The zero-order valence-electron chi connectivity index (χ0n) is 9.85. The van der Waals surface area contributed by atoms with Gasteiger partial charge in [-0.3, -0.25) is 14.9 Å². The zero-order valence-corrected chi connectivity index (χ0v) is 9.85. The van der Waals surface area contributed by atoms with Crippen LogP contribution in [-0.2, 0) is 6.54 Å². The summed E-state index contributed by atoms with van der Waals surface area (Å²) >= 11 is 0. The van der Waals surface area contributed by atoms with Crippen molar-refractivity contribution >= 4 is 5.91 Å². The highest BCUT2D eigenvalue weighted by Gasteiger charge is 2.10. The van der Waals surface area contributed by atoms with Crippen molar-refractivity contribution in [2.24, 2.45) is 0 Å². The number of rotatable bonds is 3. The predicted molar refractivity (Wildman–Crippen MR) is 64.8 cm³/mol. The van der Waals surface area contributed by atoms with Gasteiger partial charge in [0.25, 0.3) is 5.91 Å². The molecule has 0 saturated carbocycles. The molecular weight excluding hydrogens is 216 g/mol. The molecule has 1 aliphatic rings. The summed E-state index contributed by atoms with van der Waals surface area (Å²) in [5, 5.41) is 8.51. The Morgan fingerprint density at radius 2 is 1.82 bits per heavy atom. The molecule has 4 nitrogen and oxygen atoms in total. The SMILES string of the molecule is O=C(NO)c1ccc(CN2CCCCC2)cc1. The normalized spacial score (nSPS) is 16.8. The van der Waals surface area contributed by atoms with Gasteiger partial charge in [-0.1, -0.05) is 18.6 Å². The Morgan fingerprint density at radius 3 is 2.41 bits per heavy atom. The second-order valence-electron chi connectivity index (χ2n) is 4.47. The molecule has 92 valence electrons. The van der Waals surface area contributed by atoms with Crippen LogP contribution in [0.3, 0.4) is 0 Å². The first kappa shape index (κ1) is 12.1. The number of amides is 1. The van der Waals surface area contributed by atoms with Crippen LogP contribution >= 0.6 is 0 Å². The number of hydrogen-bond acceptors (Lipinski definition) is 3. The van der Waals surface area contributed by atoms with Gasteiger partial charge in [-0.2, -0.15) is 0 Å². The van der Waals surface area contributed by atoms with E-state index in [1.54, 1.807) is 17.6 Å². The Balaban J connectivity index is 1.95. The molecule has 2 N–H and O–H groups in total. The van der Waals surface area contributed by atoms with E-state index in [1.165, 1.54) is 37.9 Å². The van der Waals surface area contributed by atoms with Crippen molar-refractivity contribution < 1.29 is 10.0 Å². The molecule has 4 heteroatoms. The van der Waals surface area contributed by atoms with Crippen molar-refractivity contribution in [2.75, 3.05) is 13.1 Å². The van der Waals surface area contributed by atoms with Crippen molar-refractivity contribution in [1.29, 1.82) is 0 Å². The van der Waals surface area contributed by atoms with E-state index >= 15 is 0 Å². The standard InChI is InChI=1S/C13H18N2O2/c16-13(14-17)12-6-4-11(5-7-12)10-15-8-2-1-3-9-15/h4-7,17H,1-3,8-10H2,(H,14,16). The topological polar surface area (TPSA) is 52.6 Å². The molecule has 1 aromatic rings. The first-order valence-corrected chi connectivity index (χ1v) is 6.05. The van der Waals surface area contributed by atoms with Crippen molar-refractivity contribution in [2.45, 2.75) is 25.8 Å². The van der Waals surface area contributed by atoms with Crippen molar-refractivity contribution in [3.8, 4) is 0 Å². The number of likely N-dealkylation sites (tertiary alicyclic amines) is 1. The summed E-state index contributed by atoms with van der Waals surface area (Å²) in [6.07, 6.45) is 3.90. The van der Waals surface area contributed by atoms with Crippen LogP contribution in [0.1, 0.15) is 35.2 Å². The maximum atomic E-state index is 11.1. The van der Waals surface area contributed by atoms with E-state index < -0.39 is 5.91 Å². The van der Waals surface area contributed by atoms with Gasteiger partial charge < -0.3 is 0 Å². The smallest absolute Gasteiger partial charge is 0.274 e. The first-order chi connectivity index (χ1) is 8.29. The van der Waals surface area contributed by atoms with E-state index in [0.717, 1.165) is 6.54 Å². The molecule has 1 saturated heterocycles. The van der Waals surface area contributed by atoms with E-state index in [-0.39, 0.29) is 0 Å². The Hall–Kier alpha value is -1.39. The van der Waals surface area contributed by atoms with Crippen LogP contribution < -0.4 is 5.48 Å². The molecule has 0 atom stereocenters. The van der Waals surface area contributed by atoms with Gasteiger partial charge in [-0.05, 0) is 43.6 Å². The third-order valence-corrected chi connectivity index (χ3v) is 3.17. The highest BCUT2D eigenvalue weighted by Crippen LogP contribution is 2.13. The Labute approximate surface area is 101 Å². The summed E-state index contributed by atoms with van der Waals surface area (Å²) in [7, 11) is 0. The van der Waals surface area contributed by atoms with Crippen molar-refractivity contribution in [3.05, 3.63) is 35.4 Å².